The van der Waals surface area contributed by atoms with Crippen molar-refractivity contribution in [3.8, 4) is 17.2 Å². The van der Waals surface area contributed by atoms with Gasteiger partial charge in [0.1, 0.15) is 17.2 Å². The first-order chi connectivity index (χ1) is 9.19. The predicted molar refractivity (Wildman–Crippen MR) is 74.5 cm³/mol. The van der Waals surface area contributed by atoms with E-state index in [0.29, 0.717) is 12.4 Å². The highest BCUT2D eigenvalue weighted by atomic mass is 16.5. The minimum absolute atomic E-state index is 0.0738. The van der Waals surface area contributed by atoms with Gasteiger partial charge in [0.25, 0.3) is 0 Å². The smallest absolute Gasteiger partial charge is 0.145 e. The lowest BCUT2D eigenvalue weighted by Crippen LogP contribution is -2.06. The van der Waals surface area contributed by atoms with Gasteiger partial charge in [-0.2, -0.15) is 0 Å². The van der Waals surface area contributed by atoms with Gasteiger partial charge in [0.2, 0.25) is 0 Å². The van der Waals surface area contributed by atoms with Gasteiger partial charge in [-0.05, 0) is 38.1 Å². The fourth-order valence-corrected chi connectivity index (χ4v) is 1.65. The van der Waals surface area contributed by atoms with Gasteiger partial charge >= 0.3 is 0 Å². The van der Waals surface area contributed by atoms with Crippen molar-refractivity contribution in [2.24, 2.45) is 5.73 Å². The Morgan fingerprint density at radius 2 is 1.95 bits per heavy atom. The third-order valence-corrected chi connectivity index (χ3v) is 2.58. The molecule has 2 rings (SSSR count). The number of hydrogen-bond acceptors (Lipinski definition) is 4. The average Bonchev–Trinajstić information content (AvgIpc) is 2.40. The van der Waals surface area contributed by atoms with E-state index in [1.54, 1.807) is 6.20 Å². The molecule has 0 saturated heterocycles. The molecule has 0 bridgehead atoms. The lowest BCUT2D eigenvalue weighted by Gasteiger charge is -2.09. The maximum atomic E-state index is 5.75. The SMILES string of the molecule is CCOc1cccc(Oc2ccc([C@@H](C)N)nc2)c1. The zero-order chi connectivity index (χ0) is 13.7. The van der Waals surface area contributed by atoms with E-state index in [2.05, 4.69) is 4.98 Å². The van der Waals surface area contributed by atoms with Crippen LogP contribution in [-0.4, -0.2) is 11.6 Å². The summed E-state index contributed by atoms with van der Waals surface area (Å²) in [5, 5.41) is 0. The molecule has 1 aromatic heterocycles. The van der Waals surface area contributed by atoms with E-state index in [1.165, 1.54) is 0 Å². The molecule has 0 fully saturated rings. The second-order valence-electron chi connectivity index (χ2n) is 4.22. The highest BCUT2D eigenvalue weighted by Crippen LogP contribution is 2.25. The van der Waals surface area contributed by atoms with Gasteiger partial charge in [0.15, 0.2) is 0 Å². The third-order valence-electron chi connectivity index (χ3n) is 2.58. The molecule has 0 spiro atoms. The molecule has 4 heteroatoms. The maximum Gasteiger partial charge on any atom is 0.145 e. The molecule has 0 saturated carbocycles. The van der Waals surface area contributed by atoms with Crippen LogP contribution in [0.2, 0.25) is 0 Å². The Morgan fingerprint density at radius 1 is 1.16 bits per heavy atom. The Hall–Kier alpha value is -2.07. The summed E-state index contributed by atoms with van der Waals surface area (Å²) >= 11 is 0. The highest BCUT2D eigenvalue weighted by Gasteiger charge is 2.03. The van der Waals surface area contributed by atoms with Gasteiger partial charge in [-0.1, -0.05) is 6.07 Å². The van der Waals surface area contributed by atoms with Crippen LogP contribution < -0.4 is 15.2 Å². The topological polar surface area (TPSA) is 57.4 Å². The van der Waals surface area contributed by atoms with Gasteiger partial charge < -0.3 is 15.2 Å². The first kappa shape index (κ1) is 13.4. The summed E-state index contributed by atoms with van der Waals surface area (Å²) in [5.41, 5.74) is 6.59. The Kier molecular flexibility index (Phi) is 4.36. The molecule has 19 heavy (non-hydrogen) atoms. The maximum absolute atomic E-state index is 5.75. The minimum atomic E-state index is -0.0738. The number of aromatic nitrogens is 1. The summed E-state index contributed by atoms with van der Waals surface area (Å²) in [5.74, 6) is 2.19. The summed E-state index contributed by atoms with van der Waals surface area (Å²) in [6, 6.07) is 11.2. The molecule has 4 nitrogen and oxygen atoms in total. The van der Waals surface area contributed by atoms with Crippen LogP contribution in [0.5, 0.6) is 17.2 Å². The summed E-state index contributed by atoms with van der Waals surface area (Å²) in [6.45, 7) is 4.48. The van der Waals surface area contributed by atoms with Gasteiger partial charge in [0.05, 0.1) is 18.5 Å². The molecule has 0 aliphatic heterocycles. The Morgan fingerprint density at radius 3 is 2.58 bits per heavy atom. The summed E-state index contributed by atoms with van der Waals surface area (Å²) < 4.78 is 11.1. The van der Waals surface area contributed by atoms with Gasteiger partial charge in [0, 0.05) is 12.1 Å². The van der Waals surface area contributed by atoms with E-state index < -0.39 is 0 Å². The molecule has 0 aliphatic rings. The van der Waals surface area contributed by atoms with E-state index in [1.807, 2.05) is 50.2 Å². The van der Waals surface area contributed by atoms with E-state index in [9.17, 15) is 0 Å². The molecule has 2 aromatic rings. The number of rotatable bonds is 5. The fraction of sp³-hybridized carbons (Fsp3) is 0.267. The quantitative estimate of drug-likeness (QED) is 0.894. The van der Waals surface area contributed by atoms with Crippen molar-refractivity contribution in [3.63, 3.8) is 0 Å². The van der Waals surface area contributed by atoms with Crippen LogP contribution >= 0.6 is 0 Å². The van der Waals surface area contributed by atoms with Crippen molar-refractivity contribution >= 4 is 0 Å². The van der Waals surface area contributed by atoms with Gasteiger partial charge in [-0.15, -0.1) is 0 Å². The van der Waals surface area contributed by atoms with Crippen LogP contribution in [0.4, 0.5) is 0 Å². The van der Waals surface area contributed by atoms with Gasteiger partial charge in [-0.3, -0.25) is 4.98 Å². The van der Waals surface area contributed by atoms with E-state index in [4.69, 9.17) is 15.2 Å². The summed E-state index contributed by atoms with van der Waals surface area (Å²) in [7, 11) is 0. The Balaban J connectivity index is 2.10. The average molecular weight is 258 g/mol. The van der Waals surface area contributed by atoms with Crippen LogP contribution in [-0.2, 0) is 0 Å². The summed E-state index contributed by atoms with van der Waals surface area (Å²) in [6.07, 6.45) is 1.67. The first-order valence-electron chi connectivity index (χ1n) is 6.31. The number of pyridine rings is 1. The number of hydrogen-bond donors (Lipinski definition) is 1. The van der Waals surface area contributed by atoms with Crippen molar-refractivity contribution in [3.05, 3.63) is 48.3 Å². The molecule has 0 radical (unpaired) electrons. The molecular weight excluding hydrogens is 240 g/mol. The van der Waals surface area contributed by atoms with Crippen LogP contribution in [0.1, 0.15) is 25.6 Å². The minimum Gasteiger partial charge on any atom is -0.494 e. The zero-order valence-electron chi connectivity index (χ0n) is 11.2. The largest absolute Gasteiger partial charge is 0.494 e. The third kappa shape index (κ3) is 3.69. The number of nitrogens with two attached hydrogens (primary N) is 1. The van der Waals surface area contributed by atoms with E-state index in [-0.39, 0.29) is 6.04 Å². The Bertz CT molecular complexity index is 524. The second-order valence-corrected chi connectivity index (χ2v) is 4.22. The van der Waals surface area contributed by atoms with E-state index in [0.717, 1.165) is 17.2 Å². The predicted octanol–water partition coefficient (Wildman–Crippen LogP) is 3.29. The van der Waals surface area contributed by atoms with Crippen molar-refractivity contribution < 1.29 is 9.47 Å². The molecule has 1 atom stereocenters. The fourth-order valence-electron chi connectivity index (χ4n) is 1.65. The summed E-state index contributed by atoms with van der Waals surface area (Å²) in [4.78, 5) is 4.25. The molecule has 1 heterocycles. The molecule has 0 amide bonds. The molecule has 2 N–H and O–H groups in total. The lowest BCUT2D eigenvalue weighted by atomic mass is 10.2. The van der Waals surface area contributed by atoms with Crippen LogP contribution in [0.3, 0.4) is 0 Å². The van der Waals surface area contributed by atoms with Crippen molar-refractivity contribution in [2.75, 3.05) is 6.61 Å². The van der Waals surface area contributed by atoms with Gasteiger partial charge in [-0.25, -0.2) is 0 Å². The monoisotopic (exact) mass is 258 g/mol. The van der Waals surface area contributed by atoms with Crippen LogP contribution in [0.15, 0.2) is 42.6 Å². The first-order valence-corrected chi connectivity index (χ1v) is 6.31. The molecule has 100 valence electrons. The number of nitrogens with zero attached hydrogens (tertiary/aromatic N) is 1. The highest BCUT2D eigenvalue weighted by molar-refractivity contribution is 5.36. The molecule has 0 aliphatic carbocycles. The second kappa shape index (κ2) is 6.20. The van der Waals surface area contributed by atoms with Crippen molar-refractivity contribution in [1.29, 1.82) is 0 Å². The molecule has 0 unspecified atom stereocenters. The molecular formula is C15H18N2O2. The van der Waals surface area contributed by atoms with Crippen molar-refractivity contribution in [1.82, 2.24) is 4.98 Å². The number of benzene rings is 1. The van der Waals surface area contributed by atoms with Crippen LogP contribution in [0, 0.1) is 0 Å². The van der Waals surface area contributed by atoms with E-state index >= 15 is 0 Å². The van der Waals surface area contributed by atoms with Crippen LogP contribution in [0.25, 0.3) is 0 Å². The normalized spacial score (nSPS) is 11.9. The number of ether oxygens (including phenoxy) is 2. The molecule has 1 aromatic carbocycles. The zero-order valence-corrected chi connectivity index (χ0v) is 11.2. The Labute approximate surface area is 113 Å². The lowest BCUT2D eigenvalue weighted by molar-refractivity contribution is 0.338. The standard InChI is InChI=1S/C15H18N2O2/c1-3-18-12-5-4-6-13(9-12)19-14-7-8-15(11(2)16)17-10-14/h4-11H,3,16H2,1-2H3/t11-/m1/s1. The van der Waals surface area contributed by atoms with Crippen molar-refractivity contribution in [2.45, 2.75) is 19.9 Å².